The van der Waals surface area contributed by atoms with Crippen LogP contribution in [-0.4, -0.2) is 45.2 Å². The smallest absolute Gasteiger partial charge is 0.416 e. The second kappa shape index (κ2) is 10.6. The van der Waals surface area contributed by atoms with Crippen molar-refractivity contribution >= 4 is 17.3 Å². The third-order valence-corrected chi connectivity index (χ3v) is 7.44. The topological polar surface area (TPSA) is 44.8 Å². The van der Waals surface area contributed by atoms with Gasteiger partial charge in [0, 0.05) is 31.9 Å². The summed E-state index contributed by atoms with van der Waals surface area (Å²) in [5.41, 5.74) is 1.98. The number of methoxy groups -OCH3 is 1. The summed E-state index contributed by atoms with van der Waals surface area (Å²) < 4.78 is 60.1. The first-order valence-electron chi connectivity index (χ1n) is 12.6. The number of ether oxygens (including phenoxy) is 1. The number of carbonyl (C=O) groups excluding carboxylic acids is 1. The summed E-state index contributed by atoms with van der Waals surface area (Å²) in [7, 11) is 1.59. The SMILES string of the molecule is COc1ccc(CCNC(=O)[C@@H]2Cc3cc(C(F)(F)F)ccc3N3CCN(c4ccccc4F)C[C@@H]23)cc1. The highest BCUT2D eigenvalue weighted by molar-refractivity contribution is 5.82. The van der Waals surface area contributed by atoms with Crippen molar-refractivity contribution in [2.24, 2.45) is 5.92 Å². The number of amides is 1. The molecule has 0 radical (unpaired) electrons. The molecule has 1 amide bonds. The lowest BCUT2D eigenvalue weighted by atomic mass is 9.82. The number of carbonyl (C=O) groups is 1. The fraction of sp³-hybridized carbons (Fsp3) is 0.345. The molecule has 1 saturated heterocycles. The molecule has 5 rings (SSSR count). The van der Waals surface area contributed by atoms with Gasteiger partial charge in [0.25, 0.3) is 0 Å². The quantitative estimate of drug-likeness (QED) is 0.455. The number of anilines is 2. The molecule has 3 aromatic rings. The van der Waals surface area contributed by atoms with Crippen LogP contribution in [0.4, 0.5) is 28.9 Å². The van der Waals surface area contributed by atoms with Gasteiger partial charge in [0.15, 0.2) is 0 Å². The van der Waals surface area contributed by atoms with E-state index in [-0.39, 0.29) is 24.2 Å². The van der Waals surface area contributed by atoms with Crippen LogP contribution in [0.25, 0.3) is 0 Å². The van der Waals surface area contributed by atoms with E-state index in [1.807, 2.05) is 34.1 Å². The summed E-state index contributed by atoms with van der Waals surface area (Å²) in [6, 6.07) is 17.5. The van der Waals surface area contributed by atoms with E-state index in [9.17, 15) is 22.4 Å². The number of nitrogens with zero attached hydrogens (tertiary/aromatic N) is 2. The summed E-state index contributed by atoms with van der Waals surface area (Å²) in [6.07, 6.45) is -3.68. The van der Waals surface area contributed by atoms with E-state index in [0.717, 1.165) is 23.4 Å². The molecule has 1 N–H and O–H groups in total. The lowest BCUT2D eigenvalue weighted by Crippen LogP contribution is -2.61. The lowest BCUT2D eigenvalue weighted by molar-refractivity contribution is -0.137. The second-order valence-electron chi connectivity index (χ2n) is 9.70. The van der Waals surface area contributed by atoms with Crippen LogP contribution < -0.4 is 19.9 Å². The number of para-hydroxylation sites is 1. The van der Waals surface area contributed by atoms with Gasteiger partial charge in [-0.05, 0) is 66.4 Å². The molecule has 2 aliphatic heterocycles. The first-order valence-corrected chi connectivity index (χ1v) is 12.6. The highest BCUT2D eigenvalue weighted by Gasteiger charge is 2.43. The minimum Gasteiger partial charge on any atom is -0.497 e. The Morgan fingerprint density at radius 1 is 1.03 bits per heavy atom. The molecule has 200 valence electrons. The Labute approximate surface area is 219 Å². The molecule has 0 aromatic heterocycles. The molecule has 9 heteroatoms. The van der Waals surface area contributed by atoms with Crippen molar-refractivity contribution in [1.82, 2.24) is 5.32 Å². The molecule has 38 heavy (non-hydrogen) atoms. The number of fused-ring (bicyclic) bond motifs is 3. The monoisotopic (exact) mass is 527 g/mol. The van der Waals surface area contributed by atoms with Gasteiger partial charge in [0.1, 0.15) is 11.6 Å². The Bertz CT molecular complexity index is 1300. The third kappa shape index (κ3) is 5.28. The van der Waals surface area contributed by atoms with Gasteiger partial charge >= 0.3 is 6.18 Å². The van der Waals surface area contributed by atoms with Crippen molar-refractivity contribution in [2.75, 3.05) is 43.1 Å². The van der Waals surface area contributed by atoms with E-state index < -0.39 is 17.7 Å². The zero-order chi connectivity index (χ0) is 26.9. The zero-order valence-corrected chi connectivity index (χ0v) is 21.0. The molecule has 1 fully saturated rings. The highest BCUT2D eigenvalue weighted by atomic mass is 19.4. The summed E-state index contributed by atoms with van der Waals surface area (Å²) in [4.78, 5) is 17.4. The number of alkyl halides is 3. The Morgan fingerprint density at radius 2 is 1.79 bits per heavy atom. The Kier molecular flexibility index (Phi) is 7.19. The van der Waals surface area contributed by atoms with Gasteiger partial charge in [-0.25, -0.2) is 4.39 Å². The van der Waals surface area contributed by atoms with Crippen LogP contribution in [0.2, 0.25) is 0 Å². The van der Waals surface area contributed by atoms with Gasteiger partial charge in [-0.1, -0.05) is 24.3 Å². The maximum atomic E-state index is 14.6. The number of nitrogens with one attached hydrogen (secondary N) is 1. The van der Waals surface area contributed by atoms with Crippen molar-refractivity contribution < 1.29 is 27.1 Å². The summed E-state index contributed by atoms with van der Waals surface area (Å²) in [5.74, 6) is -0.399. The third-order valence-electron chi connectivity index (χ3n) is 7.44. The van der Waals surface area contributed by atoms with Gasteiger partial charge in [-0.3, -0.25) is 4.79 Å². The average Bonchev–Trinajstić information content (AvgIpc) is 2.92. The summed E-state index contributed by atoms with van der Waals surface area (Å²) in [6.45, 7) is 1.73. The standard InChI is InChI=1S/C29H29F4N3O2/c1-38-22-9-6-19(7-10-22)12-13-34-28(37)23-17-20-16-21(29(31,32)33)8-11-25(20)36-15-14-35(18-27(23)36)26-5-3-2-4-24(26)30/h2-11,16,23,27H,12-15,17-18H2,1H3,(H,34,37)/t23-,27+/m1/s1. The number of piperazine rings is 1. The van der Waals surface area contributed by atoms with Gasteiger partial charge in [-0.15, -0.1) is 0 Å². The van der Waals surface area contributed by atoms with Crippen molar-refractivity contribution in [3.63, 3.8) is 0 Å². The summed E-state index contributed by atoms with van der Waals surface area (Å²) in [5, 5.41) is 2.99. The molecule has 3 aromatic carbocycles. The van der Waals surface area contributed by atoms with E-state index >= 15 is 0 Å². The van der Waals surface area contributed by atoms with Gasteiger partial charge in [-0.2, -0.15) is 13.2 Å². The van der Waals surface area contributed by atoms with Crippen LogP contribution in [0.5, 0.6) is 5.75 Å². The Morgan fingerprint density at radius 3 is 2.50 bits per heavy atom. The molecule has 2 atom stereocenters. The lowest BCUT2D eigenvalue weighted by Gasteiger charge is -2.49. The van der Waals surface area contributed by atoms with Gasteiger partial charge in [0.2, 0.25) is 5.91 Å². The molecule has 2 aliphatic rings. The van der Waals surface area contributed by atoms with Crippen LogP contribution in [-0.2, 0) is 23.8 Å². The molecule has 0 aliphatic carbocycles. The first-order chi connectivity index (χ1) is 18.2. The Balaban J connectivity index is 1.38. The number of halogens is 4. The molecule has 0 saturated carbocycles. The van der Waals surface area contributed by atoms with Crippen molar-refractivity contribution in [3.05, 3.63) is 89.2 Å². The number of benzene rings is 3. The van der Waals surface area contributed by atoms with Crippen LogP contribution in [0.3, 0.4) is 0 Å². The fourth-order valence-electron chi connectivity index (χ4n) is 5.48. The predicted octanol–water partition coefficient (Wildman–Crippen LogP) is 5.08. The minimum absolute atomic E-state index is 0.180. The van der Waals surface area contributed by atoms with E-state index in [1.165, 1.54) is 12.1 Å². The van der Waals surface area contributed by atoms with Crippen molar-refractivity contribution in [3.8, 4) is 5.75 Å². The van der Waals surface area contributed by atoms with Crippen LogP contribution in [0.15, 0.2) is 66.7 Å². The van der Waals surface area contributed by atoms with Gasteiger partial charge in [0.05, 0.1) is 30.3 Å². The zero-order valence-electron chi connectivity index (χ0n) is 21.0. The van der Waals surface area contributed by atoms with E-state index in [1.54, 1.807) is 25.3 Å². The molecule has 0 bridgehead atoms. The molecular weight excluding hydrogens is 498 g/mol. The first kappa shape index (κ1) is 25.9. The predicted molar refractivity (Wildman–Crippen MR) is 138 cm³/mol. The molecule has 0 spiro atoms. The maximum absolute atomic E-state index is 14.6. The maximum Gasteiger partial charge on any atom is 0.416 e. The molecule has 5 nitrogen and oxygen atoms in total. The number of hydrogen-bond acceptors (Lipinski definition) is 4. The molecular formula is C29H29F4N3O2. The number of hydrogen-bond donors (Lipinski definition) is 1. The van der Waals surface area contributed by atoms with Crippen LogP contribution >= 0.6 is 0 Å². The fourth-order valence-corrected chi connectivity index (χ4v) is 5.48. The molecule has 0 unspecified atom stereocenters. The number of rotatable bonds is 6. The van der Waals surface area contributed by atoms with E-state index in [2.05, 4.69) is 5.32 Å². The van der Waals surface area contributed by atoms with E-state index in [4.69, 9.17) is 4.74 Å². The van der Waals surface area contributed by atoms with Crippen molar-refractivity contribution in [1.29, 1.82) is 0 Å². The molecule has 2 heterocycles. The average molecular weight is 528 g/mol. The van der Waals surface area contributed by atoms with Crippen LogP contribution in [0.1, 0.15) is 16.7 Å². The van der Waals surface area contributed by atoms with Crippen LogP contribution in [0, 0.1) is 11.7 Å². The largest absolute Gasteiger partial charge is 0.497 e. The Hall–Kier alpha value is -3.75. The second-order valence-corrected chi connectivity index (χ2v) is 9.70. The van der Waals surface area contributed by atoms with E-state index in [0.29, 0.717) is 49.5 Å². The highest BCUT2D eigenvalue weighted by Crippen LogP contribution is 2.40. The minimum atomic E-state index is -4.47. The summed E-state index contributed by atoms with van der Waals surface area (Å²) >= 11 is 0. The van der Waals surface area contributed by atoms with Crippen molar-refractivity contribution in [2.45, 2.75) is 25.1 Å². The normalized spacial score (nSPS) is 19.0. The van der Waals surface area contributed by atoms with Gasteiger partial charge < -0.3 is 19.9 Å².